The van der Waals surface area contributed by atoms with E-state index in [0.717, 1.165) is 18.4 Å². The Hall–Kier alpha value is -1.93. The molecule has 1 unspecified atom stereocenters. The monoisotopic (exact) mass is 382 g/mol. The van der Waals surface area contributed by atoms with Crippen LogP contribution in [0.15, 0.2) is 29.2 Å². The third-order valence-corrected chi connectivity index (χ3v) is 6.38. The quantitative estimate of drug-likeness (QED) is 0.677. The number of carboxylic acid groups (broad SMARTS) is 1. The fraction of sp³-hybridized carbons (Fsp3) is 0.556. The van der Waals surface area contributed by atoms with Crippen molar-refractivity contribution < 1.29 is 23.1 Å². The van der Waals surface area contributed by atoms with Crippen LogP contribution in [0.25, 0.3) is 0 Å². The Kier molecular flexibility index (Phi) is 7.16. The van der Waals surface area contributed by atoms with Gasteiger partial charge in [0.05, 0.1) is 4.90 Å². The van der Waals surface area contributed by atoms with Gasteiger partial charge in [-0.15, -0.1) is 0 Å². The number of benzene rings is 1. The Morgan fingerprint density at radius 2 is 1.77 bits per heavy atom. The lowest BCUT2D eigenvalue weighted by atomic mass is 10.1. The number of nitrogens with one attached hydrogen (secondary N) is 1. The van der Waals surface area contributed by atoms with Gasteiger partial charge in [-0.1, -0.05) is 12.1 Å². The molecule has 1 aliphatic heterocycles. The summed E-state index contributed by atoms with van der Waals surface area (Å²) in [5, 5.41) is 11.4. The molecule has 0 saturated carbocycles. The summed E-state index contributed by atoms with van der Waals surface area (Å²) in [6.45, 7) is 2.92. The highest BCUT2D eigenvalue weighted by atomic mass is 32.2. The van der Waals surface area contributed by atoms with E-state index in [0.29, 0.717) is 25.9 Å². The van der Waals surface area contributed by atoms with Gasteiger partial charge in [0, 0.05) is 32.0 Å². The average Bonchev–Trinajstić information content (AvgIpc) is 3.14. The number of aryl methyl sites for hydroxylation is 1. The lowest BCUT2D eigenvalue weighted by Crippen LogP contribution is -2.33. The summed E-state index contributed by atoms with van der Waals surface area (Å²) in [5.41, 5.74) is 0.888. The molecule has 1 fully saturated rings. The van der Waals surface area contributed by atoms with Crippen molar-refractivity contribution >= 4 is 21.9 Å². The highest BCUT2D eigenvalue weighted by molar-refractivity contribution is 7.89. The van der Waals surface area contributed by atoms with Gasteiger partial charge in [-0.2, -0.15) is 4.31 Å². The molecule has 0 aliphatic carbocycles. The Bertz CT molecular complexity index is 724. The molecule has 1 heterocycles. The van der Waals surface area contributed by atoms with E-state index in [1.807, 2.05) is 0 Å². The summed E-state index contributed by atoms with van der Waals surface area (Å²) in [5.74, 6) is -1.02. The zero-order chi connectivity index (χ0) is 19.2. The minimum atomic E-state index is -3.41. The topological polar surface area (TPSA) is 104 Å². The van der Waals surface area contributed by atoms with E-state index in [-0.39, 0.29) is 29.7 Å². The van der Waals surface area contributed by atoms with Gasteiger partial charge in [-0.3, -0.25) is 9.59 Å². The second-order valence-electron chi connectivity index (χ2n) is 6.66. The van der Waals surface area contributed by atoms with Gasteiger partial charge in [0.2, 0.25) is 15.9 Å². The van der Waals surface area contributed by atoms with E-state index in [9.17, 15) is 18.0 Å². The molecule has 0 radical (unpaired) electrons. The molecule has 1 saturated heterocycles. The first-order valence-electron chi connectivity index (χ1n) is 8.89. The van der Waals surface area contributed by atoms with Gasteiger partial charge in [0.15, 0.2) is 0 Å². The lowest BCUT2D eigenvalue weighted by Gasteiger charge is -2.15. The van der Waals surface area contributed by atoms with Crippen LogP contribution < -0.4 is 5.32 Å². The molecule has 0 aromatic heterocycles. The van der Waals surface area contributed by atoms with Crippen LogP contribution in [0.4, 0.5) is 0 Å². The summed E-state index contributed by atoms with van der Waals surface area (Å²) in [7, 11) is -3.41. The molecule has 1 aromatic carbocycles. The number of hydrogen-bond donors (Lipinski definition) is 2. The van der Waals surface area contributed by atoms with E-state index in [1.54, 1.807) is 31.2 Å². The normalized spacial score (nSPS) is 16.3. The summed E-state index contributed by atoms with van der Waals surface area (Å²) in [6.07, 6.45) is 2.99. The predicted molar refractivity (Wildman–Crippen MR) is 97.2 cm³/mol. The molecule has 1 aromatic rings. The molecule has 7 nitrogen and oxygen atoms in total. The van der Waals surface area contributed by atoms with Crippen LogP contribution in [0.3, 0.4) is 0 Å². The molecular weight excluding hydrogens is 356 g/mol. The molecule has 0 bridgehead atoms. The van der Waals surface area contributed by atoms with E-state index in [1.165, 1.54) is 4.31 Å². The van der Waals surface area contributed by atoms with Crippen LogP contribution in [0, 0.1) is 0 Å². The second kappa shape index (κ2) is 9.14. The van der Waals surface area contributed by atoms with Crippen LogP contribution in [0.2, 0.25) is 0 Å². The molecule has 144 valence electrons. The fourth-order valence-corrected chi connectivity index (χ4v) is 4.44. The third kappa shape index (κ3) is 5.81. The van der Waals surface area contributed by atoms with Gasteiger partial charge in [0.1, 0.15) is 0 Å². The number of rotatable bonds is 9. The van der Waals surface area contributed by atoms with E-state index in [2.05, 4.69) is 5.32 Å². The second-order valence-corrected chi connectivity index (χ2v) is 8.59. The minimum absolute atomic E-state index is 0.0222. The van der Waals surface area contributed by atoms with Crippen molar-refractivity contribution in [2.24, 2.45) is 0 Å². The Morgan fingerprint density at radius 3 is 2.35 bits per heavy atom. The SMILES string of the molecule is CC(CCC(=O)O)NC(=O)CCc1ccc(S(=O)(=O)N2CCCC2)cc1. The first-order chi connectivity index (χ1) is 12.3. The maximum absolute atomic E-state index is 12.5. The number of sulfonamides is 1. The Morgan fingerprint density at radius 1 is 1.15 bits per heavy atom. The smallest absolute Gasteiger partial charge is 0.303 e. The van der Waals surface area contributed by atoms with Gasteiger partial charge < -0.3 is 10.4 Å². The number of carbonyl (C=O) groups excluding carboxylic acids is 1. The molecular formula is C18H26N2O5S. The van der Waals surface area contributed by atoms with E-state index in [4.69, 9.17) is 5.11 Å². The van der Waals surface area contributed by atoms with Crippen LogP contribution in [-0.4, -0.2) is 48.8 Å². The van der Waals surface area contributed by atoms with Crippen molar-refractivity contribution in [1.82, 2.24) is 9.62 Å². The van der Waals surface area contributed by atoms with Crippen LogP contribution >= 0.6 is 0 Å². The summed E-state index contributed by atoms with van der Waals surface area (Å²) in [6, 6.07) is 6.48. The maximum Gasteiger partial charge on any atom is 0.303 e. The van der Waals surface area contributed by atoms with Gasteiger partial charge >= 0.3 is 5.97 Å². The third-order valence-electron chi connectivity index (χ3n) is 4.47. The number of hydrogen-bond acceptors (Lipinski definition) is 4. The standard InChI is InChI=1S/C18H26N2O5S/c1-14(4-11-18(22)23)19-17(21)10-7-15-5-8-16(9-6-15)26(24,25)20-12-2-3-13-20/h5-6,8-9,14H,2-4,7,10-13H2,1H3,(H,19,21)(H,22,23). The molecule has 26 heavy (non-hydrogen) atoms. The first-order valence-corrected chi connectivity index (χ1v) is 10.3. The molecule has 1 aliphatic rings. The molecule has 2 rings (SSSR count). The van der Waals surface area contributed by atoms with Gasteiger partial charge in [-0.05, 0) is 50.3 Å². The zero-order valence-electron chi connectivity index (χ0n) is 15.0. The Balaban J connectivity index is 1.83. The summed E-state index contributed by atoms with van der Waals surface area (Å²) >= 11 is 0. The number of carboxylic acids is 1. The van der Waals surface area contributed by atoms with Gasteiger partial charge in [-0.25, -0.2) is 8.42 Å². The van der Waals surface area contributed by atoms with Crippen molar-refractivity contribution in [3.63, 3.8) is 0 Å². The first kappa shape index (κ1) is 20.4. The van der Waals surface area contributed by atoms with Crippen LogP contribution in [0.1, 0.15) is 44.6 Å². The molecule has 1 amide bonds. The predicted octanol–water partition coefficient (Wildman–Crippen LogP) is 1.77. The largest absolute Gasteiger partial charge is 0.481 e. The molecule has 1 atom stereocenters. The lowest BCUT2D eigenvalue weighted by molar-refractivity contribution is -0.137. The molecule has 8 heteroatoms. The summed E-state index contributed by atoms with van der Waals surface area (Å²) < 4.78 is 26.4. The summed E-state index contributed by atoms with van der Waals surface area (Å²) in [4.78, 5) is 22.7. The molecule has 0 spiro atoms. The fourth-order valence-electron chi connectivity index (χ4n) is 2.92. The van der Waals surface area contributed by atoms with Crippen LogP contribution in [-0.2, 0) is 26.0 Å². The van der Waals surface area contributed by atoms with Crippen molar-refractivity contribution in [1.29, 1.82) is 0 Å². The minimum Gasteiger partial charge on any atom is -0.481 e. The maximum atomic E-state index is 12.5. The van der Waals surface area contributed by atoms with Crippen molar-refractivity contribution in [3.8, 4) is 0 Å². The van der Waals surface area contributed by atoms with Crippen LogP contribution in [0.5, 0.6) is 0 Å². The van der Waals surface area contributed by atoms with E-state index >= 15 is 0 Å². The number of nitrogens with zero attached hydrogens (tertiary/aromatic N) is 1. The highest BCUT2D eigenvalue weighted by Gasteiger charge is 2.26. The van der Waals surface area contributed by atoms with E-state index < -0.39 is 16.0 Å². The zero-order valence-corrected chi connectivity index (χ0v) is 15.8. The van der Waals surface area contributed by atoms with Gasteiger partial charge in [0.25, 0.3) is 0 Å². The number of amides is 1. The highest BCUT2D eigenvalue weighted by Crippen LogP contribution is 2.21. The number of aliphatic carboxylic acids is 1. The molecule has 2 N–H and O–H groups in total. The average molecular weight is 382 g/mol. The van der Waals surface area contributed by atoms with Crippen molar-refractivity contribution in [2.75, 3.05) is 13.1 Å². The number of carbonyl (C=O) groups is 2. The van der Waals surface area contributed by atoms with Crippen molar-refractivity contribution in [2.45, 2.75) is 56.4 Å². The Labute approximate surface area is 154 Å². The van der Waals surface area contributed by atoms with Crippen molar-refractivity contribution in [3.05, 3.63) is 29.8 Å².